The third-order valence-electron chi connectivity index (χ3n) is 4.51. The number of hydrogen-bond acceptors (Lipinski definition) is 5. The number of carbonyl (C=O) groups is 1. The molecule has 0 radical (unpaired) electrons. The van der Waals surface area contributed by atoms with Gasteiger partial charge in [-0.25, -0.2) is 9.97 Å². The van der Waals surface area contributed by atoms with Gasteiger partial charge < -0.3 is 14.4 Å². The molecule has 0 saturated carbocycles. The summed E-state index contributed by atoms with van der Waals surface area (Å²) in [6.45, 7) is 2.83. The molecule has 2 saturated heterocycles. The van der Waals surface area contributed by atoms with Crippen LogP contribution < -0.4 is 0 Å². The van der Waals surface area contributed by atoms with Crippen LogP contribution in [0.2, 0.25) is 0 Å². The zero-order valence-corrected chi connectivity index (χ0v) is 12.3. The zero-order valence-electron chi connectivity index (χ0n) is 12.3. The molecule has 2 aliphatic heterocycles. The van der Waals surface area contributed by atoms with Crippen molar-refractivity contribution in [2.75, 3.05) is 33.4 Å². The Kier molecular flexibility index (Phi) is 4.17. The van der Waals surface area contributed by atoms with E-state index in [0.29, 0.717) is 25.4 Å². The molecule has 114 valence electrons. The van der Waals surface area contributed by atoms with Crippen LogP contribution in [0.4, 0.5) is 0 Å². The highest BCUT2D eigenvalue weighted by Crippen LogP contribution is 2.40. The van der Waals surface area contributed by atoms with E-state index in [1.54, 1.807) is 19.4 Å². The topological polar surface area (TPSA) is 64.6 Å². The summed E-state index contributed by atoms with van der Waals surface area (Å²) < 4.78 is 11.4. The van der Waals surface area contributed by atoms with Gasteiger partial charge in [0, 0.05) is 38.4 Å². The Labute approximate surface area is 124 Å². The van der Waals surface area contributed by atoms with Crippen molar-refractivity contribution >= 4 is 5.91 Å². The zero-order chi connectivity index (χ0) is 14.7. The Hall–Kier alpha value is -1.53. The summed E-state index contributed by atoms with van der Waals surface area (Å²) in [4.78, 5) is 22.4. The molecule has 3 heterocycles. The first-order valence-corrected chi connectivity index (χ1v) is 7.41. The fraction of sp³-hybridized carbons (Fsp3) is 0.667. The van der Waals surface area contributed by atoms with Gasteiger partial charge in [-0.1, -0.05) is 0 Å². The summed E-state index contributed by atoms with van der Waals surface area (Å²) >= 11 is 0. The van der Waals surface area contributed by atoms with Gasteiger partial charge in [-0.2, -0.15) is 0 Å². The Bertz CT molecular complexity index is 492. The summed E-state index contributed by atoms with van der Waals surface area (Å²) in [5.41, 5.74) is 0.376. The summed E-state index contributed by atoms with van der Waals surface area (Å²) in [6.07, 6.45) is 6.13. The second kappa shape index (κ2) is 6.07. The lowest BCUT2D eigenvalue weighted by Crippen LogP contribution is -2.58. The summed E-state index contributed by atoms with van der Waals surface area (Å²) in [5.74, 6) is -0.0306. The highest BCUT2D eigenvalue weighted by molar-refractivity contribution is 5.92. The van der Waals surface area contributed by atoms with E-state index >= 15 is 0 Å². The lowest BCUT2D eigenvalue weighted by Gasteiger charge is -2.50. The molecule has 0 unspecified atom stereocenters. The van der Waals surface area contributed by atoms with Crippen LogP contribution in [-0.4, -0.2) is 60.3 Å². The number of rotatable bonds is 3. The average molecular weight is 291 g/mol. The number of aromatic nitrogens is 2. The first kappa shape index (κ1) is 14.4. The summed E-state index contributed by atoms with van der Waals surface area (Å²) in [6, 6.07) is 1.66. The molecule has 0 bridgehead atoms. The van der Waals surface area contributed by atoms with Crippen molar-refractivity contribution < 1.29 is 14.3 Å². The van der Waals surface area contributed by atoms with Crippen molar-refractivity contribution in [1.82, 2.24) is 14.9 Å². The van der Waals surface area contributed by atoms with E-state index in [1.807, 2.05) is 4.90 Å². The van der Waals surface area contributed by atoms with Gasteiger partial charge in [0.1, 0.15) is 12.0 Å². The van der Waals surface area contributed by atoms with Crippen LogP contribution in [0.5, 0.6) is 0 Å². The van der Waals surface area contributed by atoms with Gasteiger partial charge in [0.05, 0.1) is 12.7 Å². The van der Waals surface area contributed by atoms with E-state index in [-0.39, 0.29) is 17.4 Å². The fourth-order valence-electron chi connectivity index (χ4n) is 3.54. The van der Waals surface area contributed by atoms with Crippen molar-refractivity contribution in [2.45, 2.75) is 25.4 Å². The standard InChI is InChI=1S/C15H21N3O3/c1-20-10-15-5-2-8-21-13(15)4-7-18(9-15)14(19)12-3-6-16-11-17-12/h3,6,11,13H,2,4-5,7-10H2,1H3/t13-,15-/m0/s1. The number of fused-ring (bicyclic) bond motifs is 1. The van der Waals surface area contributed by atoms with E-state index in [4.69, 9.17) is 9.47 Å². The molecule has 3 rings (SSSR count). The van der Waals surface area contributed by atoms with E-state index < -0.39 is 0 Å². The molecule has 0 aromatic carbocycles. The van der Waals surface area contributed by atoms with E-state index in [2.05, 4.69) is 9.97 Å². The molecule has 2 fully saturated rings. The lowest BCUT2D eigenvalue weighted by molar-refractivity contribution is -0.142. The van der Waals surface area contributed by atoms with E-state index in [1.165, 1.54) is 6.33 Å². The summed E-state index contributed by atoms with van der Waals surface area (Å²) in [7, 11) is 1.71. The minimum absolute atomic E-state index is 0.0306. The quantitative estimate of drug-likeness (QED) is 0.835. The van der Waals surface area contributed by atoms with Crippen molar-refractivity contribution in [2.24, 2.45) is 5.41 Å². The Morgan fingerprint density at radius 1 is 1.62 bits per heavy atom. The molecule has 2 atom stereocenters. The number of piperidine rings is 1. The third-order valence-corrected chi connectivity index (χ3v) is 4.51. The fourth-order valence-corrected chi connectivity index (χ4v) is 3.54. The van der Waals surface area contributed by atoms with Gasteiger partial charge >= 0.3 is 0 Å². The molecule has 6 nitrogen and oxygen atoms in total. The molecular formula is C15H21N3O3. The SMILES string of the molecule is COC[C@@]12CCCO[C@H]1CCN(C(=O)c1ccncn1)C2. The second-order valence-corrected chi connectivity index (χ2v) is 5.87. The van der Waals surface area contributed by atoms with Gasteiger partial charge in [-0.3, -0.25) is 4.79 Å². The van der Waals surface area contributed by atoms with Crippen LogP contribution in [0, 0.1) is 5.41 Å². The molecule has 0 aliphatic carbocycles. The van der Waals surface area contributed by atoms with Gasteiger partial charge in [0.2, 0.25) is 0 Å². The van der Waals surface area contributed by atoms with Crippen LogP contribution in [0.1, 0.15) is 29.8 Å². The normalized spacial score (nSPS) is 29.0. The second-order valence-electron chi connectivity index (χ2n) is 5.87. The smallest absolute Gasteiger partial charge is 0.272 e. The Balaban J connectivity index is 1.78. The first-order valence-electron chi connectivity index (χ1n) is 7.41. The van der Waals surface area contributed by atoms with Crippen molar-refractivity contribution in [3.63, 3.8) is 0 Å². The summed E-state index contributed by atoms with van der Waals surface area (Å²) in [5, 5.41) is 0. The van der Waals surface area contributed by atoms with Crippen LogP contribution in [0.25, 0.3) is 0 Å². The molecular weight excluding hydrogens is 270 g/mol. The van der Waals surface area contributed by atoms with Crippen LogP contribution in [0.3, 0.4) is 0 Å². The number of ether oxygens (including phenoxy) is 2. The third kappa shape index (κ3) is 2.78. The molecule has 1 aromatic heterocycles. The largest absolute Gasteiger partial charge is 0.384 e. The Morgan fingerprint density at radius 2 is 2.52 bits per heavy atom. The number of methoxy groups -OCH3 is 1. The van der Waals surface area contributed by atoms with Gasteiger partial charge in [-0.05, 0) is 25.3 Å². The monoisotopic (exact) mass is 291 g/mol. The first-order chi connectivity index (χ1) is 10.2. The number of likely N-dealkylation sites (tertiary alicyclic amines) is 1. The van der Waals surface area contributed by atoms with Crippen molar-refractivity contribution in [3.8, 4) is 0 Å². The molecule has 0 spiro atoms. The maximum Gasteiger partial charge on any atom is 0.272 e. The number of nitrogens with zero attached hydrogens (tertiary/aromatic N) is 3. The predicted octanol–water partition coefficient (Wildman–Crippen LogP) is 1.13. The maximum absolute atomic E-state index is 12.6. The molecule has 1 aromatic rings. The average Bonchev–Trinajstić information content (AvgIpc) is 2.54. The van der Waals surface area contributed by atoms with Crippen LogP contribution >= 0.6 is 0 Å². The minimum atomic E-state index is -0.0755. The highest BCUT2D eigenvalue weighted by atomic mass is 16.5. The molecule has 2 aliphatic rings. The van der Waals surface area contributed by atoms with E-state index in [0.717, 1.165) is 25.9 Å². The molecule has 0 N–H and O–H groups in total. The molecule has 21 heavy (non-hydrogen) atoms. The van der Waals surface area contributed by atoms with E-state index in [9.17, 15) is 4.79 Å². The maximum atomic E-state index is 12.6. The number of hydrogen-bond donors (Lipinski definition) is 0. The Morgan fingerprint density at radius 3 is 3.29 bits per heavy atom. The van der Waals surface area contributed by atoms with Gasteiger partial charge in [0.15, 0.2) is 0 Å². The molecule has 6 heteroatoms. The van der Waals surface area contributed by atoms with Crippen LogP contribution in [0.15, 0.2) is 18.6 Å². The van der Waals surface area contributed by atoms with Gasteiger partial charge in [-0.15, -0.1) is 0 Å². The number of amides is 1. The van der Waals surface area contributed by atoms with Crippen molar-refractivity contribution in [1.29, 1.82) is 0 Å². The highest BCUT2D eigenvalue weighted by Gasteiger charge is 2.47. The van der Waals surface area contributed by atoms with Gasteiger partial charge in [0.25, 0.3) is 5.91 Å². The predicted molar refractivity (Wildman–Crippen MR) is 75.8 cm³/mol. The van der Waals surface area contributed by atoms with Crippen LogP contribution in [-0.2, 0) is 9.47 Å². The molecule has 1 amide bonds. The minimum Gasteiger partial charge on any atom is -0.384 e. The number of carbonyl (C=O) groups excluding carboxylic acids is 1. The lowest BCUT2D eigenvalue weighted by atomic mass is 9.73. The van der Waals surface area contributed by atoms with Crippen molar-refractivity contribution in [3.05, 3.63) is 24.3 Å².